The van der Waals surface area contributed by atoms with Gasteiger partial charge in [-0.05, 0) is 31.0 Å². The van der Waals surface area contributed by atoms with Crippen molar-refractivity contribution in [2.45, 2.75) is 32.3 Å². The zero-order valence-electron chi connectivity index (χ0n) is 10.00. The Balaban J connectivity index is 2.34. The van der Waals surface area contributed by atoms with Gasteiger partial charge in [0.05, 0.1) is 0 Å². The van der Waals surface area contributed by atoms with Gasteiger partial charge >= 0.3 is 5.97 Å². The van der Waals surface area contributed by atoms with E-state index in [1.165, 1.54) is 0 Å². The van der Waals surface area contributed by atoms with Gasteiger partial charge < -0.3 is 4.74 Å². The van der Waals surface area contributed by atoms with E-state index in [-0.39, 0.29) is 5.97 Å². The van der Waals surface area contributed by atoms with Gasteiger partial charge in [-0.15, -0.1) is 0 Å². The van der Waals surface area contributed by atoms with Crippen LogP contribution >= 0.6 is 15.9 Å². The van der Waals surface area contributed by atoms with Crippen molar-refractivity contribution in [1.82, 2.24) is 0 Å². The standard InChI is InChI=1S/C14H15BrO2/c1-3-10-8-13(16)17-14(2,9-10)11-4-6-12(15)7-5-11/h4-8H,3,9H2,1-2H3/t14-/m1/s1. The number of hydrogen-bond acceptors (Lipinski definition) is 2. The Morgan fingerprint density at radius 3 is 2.59 bits per heavy atom. The number of ether oxygens (including phenoxy) is 1. The van der Waals surface area contributed by atoms with Crippen LogP contribution in [0.2, 0.25) is 0 Å². The predicted molar refractivity (Wildman–Crippen MR) is 70.6 cm³/mol. The highest BCUT2D eigenvalue weighted by Gasteiger charge is 2.34. The van der Waals surface area contributed by atoms with Crippen molar-refractivity contribution in [1.29, 1.82) is 0 Å². The Bertz CT molecular complexity index is 462. The van der Waals surface area contributed by atoms with Crippen LogP contribution in [0.25, 0.3) is 0 Å². The van der Waals surface area contributed by atoms with Crippen LogP contribution < -0.4 is 0 Å². The molecule has 90 valence electrons. The third-order valence-corrected chi connectivity index (χ3v) is 3.65. The fourth-order valence-corrected chi connectivity index (χ4v) is 2.39. The fourth-order valence-electron chi connectivity index (χ4n) is 2.13. The highest BCUT2D eigenvalue weighted by atomic mass is 79.9. The number of esters is 1. The van der Waals surface area contributed by atoms with Gasteiger partial charge in [0.25, 0.3) is 0 Å². The number of hydrogen-bond donors (Lipinski definition) is 0. The summed E-state index contributed by atoms with van der Waals surface area (Å²) in [6.07, 6.45) is 3.28. The van der Waals surface area contributed by atoms with Gasteiger partial charge in [0.15, 0.2) is 0 Å². The number of carbonyl (C=O) groups is 1. The summed E-state index contributed by atoms with van der Waals surface area (Å²) in [5.74, 6) is -0.237. The molecular weight excluding hydrogens is 280 g/mol. The normalized spacial score (nSPS) is 24.2. The van der Waals surface area contributed by atoms with Crippen molar-refractivity contribution in [3.63, 3.8) is 0 Å². The zero-order valence-corrected chi connectivity index (χ0v) is 11.6. The molecule has 3 heteroatoms. The van der Waals surface area contributed by atoms with Gasteiger partial charge in [0.2, 0.25) is 0 Å². The minimum absolute atomic E-state index is 0.237. The number of benzene rings is 1. The Labute approximate surface area is 110 Å². The lowest BCUT2D eigenvalue weighted by Gasteiger charge is -2.33. The van der Waals surface area contributed by atoms with E-state index in [1.807, 2.05) is 31.2 Å². The molecule has 0 unspecified atom stereocenters. The monoisotopic (exact) mass is 294 g/mol. The van der Waals surface area contributed by atoms with E-state index in [9.17, 15) is 4.79 Å². The Hall–Kier alpha value is -1.09. The average Bonchev–Trinajstić information content (AvgIpc) is 2.28. The Kier molecular flexibility index (Phi) is 3.38. The maximum Gasteiger partial charge on any atom is 0.331 e. The Morgan fingerprint density at radius 2 is 2.00 bits per heavy atom. The summed E-state index contributed by atoms with van der Waals surface area (Å²) in [4.78, 5) is 11.6. The van der Waals surface area contributed by atoms with Crippen molar-refractivity contribution >= 4 is 21.9 Å². The van der Waals surface area contributed by atoms with Crippen molar-refractivity contribution in [3.8, 4) is 0 Å². The summed E-state index contributed by atoms with van der Waals surface area (Å²) in [6, 6.07) is 7.93. The highest BCUT2D eigenvalue weighted by molar-refractivity contribution is 9.10. The predicted octanol–water partition coefficient (Wildman–Crippen LogP) is 3.95. The Morgan fingerprint density at radius 1 is 1.35 bits per heavy atom. The van der Waals surface area contributed by atoms with Gasteiger partial charge in [-0.1, -0.05) is 40.6 Å². The van der Waals surface area contributed by atoms with Crippen molar-refractivity contribution < 1.29 is 9.53 Å². The van der Waals surface area contributed by atoms with Crippen LogP contribution in [0.15, 0.2) is 40.4 Å². The second kappa shape index (κ2) is 4.65. The maximum atomic E-state index is 11.6. The molecular formula is C14H15BrO2. The van der Waals surface area contributed by atoms with E-state index in [0.29, 0.717) is 0 Å². The minimum atomic E-state index is -0.530. The third-order valence-electron chi connectivity index (χ3n) is 3.12. The van der Waals surface area contributed by atoms with Crippen LogP contribution in [0.4, 0.5) is 0 Å². The molecule has 0 amide bonds. The zero-order chi connectivity index (χ0) is 12.5. The van der Waals surface area contributed by atoms with Gasteiger partial charge in [0.1, 0.15) is 5.60 Å². The molecule has 0 saturated carbocycles. The van der Waals surface area contributed by atoms with Gasteiger partial charge in [0, 0.05) is 17.0 Å². The summed E-state index contributed by atoms with van der Waals surface area (Å²) in [7, 11) is 0. The van der Waals surface area contributed by atoms with Crippen molar-refractivity contribution in [2.24, 2.45) is 0 Å². The minimum Gasteiger partial charge on any atom is -0.451 e. The van der Waals surface area contributed by atoms with E-state index >= 15 is 0 Å². The molecule has 1 atom stereocenters. The molecule has 1 heterocycles. The molecule has 0 aliphatic carbocycles. The maximum absolute atomic E-state index is 11.6. The molecule has 1 aromatic carbocycles. The summed E-state index contributed by atoms with van der Waals surface area (Å²) < 4.78 is 6.53. The molecule has 1 aliphatic rings. The lowest BCUT2D eigenvalue weighted by molar-refractivity contribution is -0.155. The van der Waals surface area contributed by atoms with Crippen LogP contribution in [-0.2, 0) is 15.1 Å². The smallest absolute Gasteiger partial charge is 0.331 e. The van der Waals surface area contributed by atoms with E-state index in [4.69, 9.17) is 4.74 Å². The van der Waals surface area contributed by atoms with Crippen LogP contribution in [0.1, 0.15) is 32.3 Å². The molecule has 0 fully saturated rings. The van der Waals surface area contributed by atoms with Crippen LogP contribution in [0, 0.1) is 0 Å². The summed E-state index contributed by atoms with van der Waals surface area (Å²) in [6.45, 7) is 4.03. The van der Waals surface area contributed by atoms with E-state index < -0.39 is 5.60 Å². The van der Waals surface area contributed by atoms with Crippen LogP contribution in [-0.4, -0.2) is 5.97 Å². The first kappa shape index (κ1) is 12.4. The molecule has 0 aromatic heterocycles. The summed E-state index contributed by atoms with van der Waals surface area (Å²) in [5.41, 5.74) is 1.65. The average molecular weight is 295 g/mol. The van der Waals surface area contributed by atoms with Crippen LogP contribution in [0.3, 0.4) is 0 Å². The topological polar surface area (TPSA) is 26.3 Å². The van der Waals surface area contributed by atoms with E-state index in [0.717, 1.165) is 28.5 Å². The quantitative estimate of drug-likeness (QED) is 0.772. The second-order valence-electron chi connectivity index (χ2n) is 4.49. The van der Waals surface area contributed by atoms with Gasteiger partial charge in [-0.25, -0.2) is 4.79 Å². The lowest BCUT2D eigenvalue weighted by atomic mass is 9.86. The lowest BCUT2D eigenvalue weighted by Crippen LogP contribution is -2.32. The molecule has 0 bridgehead atoms. The van der Waals surface area contributed by atoms with Crippen molar-refractivity contribution in [2.75, 3.05) is 0 Å². The first-order chi connectivity index (χ1) is 8.03. The first-order valence-corrected chi connectivity index (χ1v) is 6.51. The molecule has 0 radical (unpaired) electrons. The SMILES string of the molecule is CCC1=CC(=O)O[C@@](C)(c2ccc(Br)cc2)C1. The van der Waals surface area contributed by atoms with Crippen molar-refractivity contribution in [3.05, 3.63) is 46.0 Å². The molecule has 17 heavy (non-hydrogen) atoms. The van der Waals surface area contributed by atoms with E-state index in [1.54, 1.807) is 6.08 Å². The largest absolute Gasteiger partial charge is 0.451 e. The second-order valence-corrected chi connectivity index (χ2v) is 5.41. The number of cyclic esters (lactones) is 1. The number of rotatable bonds is 2. The molecule has 1 aliphatic heterocycles. The molecule has 1 aromatic rings. The molecule has 2 rings (SSSR count). The highest BCUT2D eigenvalue weighted by Crippen LogP contribution is 2.36. The summed E-state index contributed by atoms with van der Waals surface area (Å²) in [5, 5.41) is 0. The molecule has 0 spiro atoms. The number of halogens is 1. The molecule has 0 saturated heterocycles. The van der Waals surface area contributed by atoms with Crippen LogP contribution in [0.5, 0.6) is 0 Å². The molecule has 0 N–H and O–H groups in total. The van der Waals surface area contributed by atoms with E-state index in [2.05, 4.69) is 22.9 Å². The van der Waals surface area contributed by atoms with Gasteiger partial charge in [-0.2, -0.15) is 0 Å². The summed E-state index contributed by atoms with van der Waals surface area (Å²) >= 11 is 3.41. The van der Waals surface area contributed by atoms with Gasteiger partial charge in [-0.3, -0.25) is 0 Å². The first-order valence-electron chi connectivity index (χ1n) is 5.72. The fraction of sp³-hybridized carbons (Fsp3) is 0.357. The molecule has 2 nitrogen and oxygen atoms in total. The number of carbonyl (C=O) groups excluding carboxylic acids is 1. The third kappa shape index (κ3) is 2.60.